The lowest BCUT2D eigenvalue weighted by Crippen LogP contribution is -2.27. The van der Waals surface area contributed by atoms with E-state index < -0.39 is 22.1 Å². The number of sulfonamides is 1. The first kappa shape index (κ1) is 17.6. The summed E-state index contributed by atoms with van der Waals surface area (Å²) in [5.41, 5.74) is 0.547. The number of rotatable bonds is 8. The average molecular weight is 315 g/mol. The number of aliphatic hydroxyl groups is 1. The van der Waals surface area contributed by atoms with Crippen LogP contribution < -0.4 is 4.72 Å². The van der Waals surface area contributed by atoms with Gasteiger partial charge in [-0.25, -0.2) is 13.1 Å². The van der Waals surface area contributed by atoms with Crippen LogP contribution in [0.1, 0.15) is 38.4 Å². The first-order chi connectivity index (χ1) is 9.90. The Balaban J connectivity index is 2.72. The second-order valence-electron chi connectivity index (χ2n) is 4.45. The SMILES string of the molecule is CCOC(=O)CCNS(=O)(=O)c1cccc(C(O)CC)c1. The Morgan fingerprint density at radius 2 is 2.10 bits per heavy atom. The molecular weight excluding hydrogens is 294 g/mol. The zero-order valence-corrected chi connectivity index (χ0v) is 13.0. The van der Waals surface area contributed by atoms with Gasteiger partial charge in [0, 0.05) is 6.54 Å². The van der Waals surface area contributed by atoms with Crippen LogP contribution in [-0.4, -0.2) is 32.6 Å². The lowest BCUT2D eigenvalue weighted by atomic mass is 10.1. The van der Waals surface area contributed by atoms with Gasteiger partial charge in [0.15, 0.2) is 0 Å². The van der Waals surface area contributed by atoms with Gasteiger partial charge in [-0.2, -0.15) is 0 Å². The number of hydrogen-bond donors (Lipinski definition) is 2. The predicted octanol–water partition coefficient (Wildman–Crippen LogP) is 1.36. The Morgan fingerprint density at radius 1 is 1.38 bits per heavy atom. The average Bonchev–Trinajstić information content (AvgIpc) is 2.46. The first-order valence-electron chi connectivity index (χ1n) is 6.84. The van der Waals surface area contributed by atoms with Crippen molar-refractivity contribution in [1.29, 1.82) is 0 Å². The minimum Gasteiger partial charge on any atom is -0.466 e. The van der Waals surface area contributed by atoms with E-state index in [0.717, 1.165) is 0 Å². The van der Waals surface area contributed by atoms with Gasteiger partial charge < -0.3 is 9.84 Å². The van der Waals surface area contributed by atoms with Gasteiger partial charge in [0.25, 0.3) is 0 Å². The molecule has 0 aliphatic carbocycles. The third-order valence-corrected chi connectivity index (χ3v) is 4.33. The number of ether oxygens (including phenoxy) is 1. The molecule has 2 N–H and O–H groups in total. The molecule has 0 spiro atoms. The van der Waals surface area contributed by atoms with Crippen molar-refractivity contribution >= 4 is 16.0 Å². The van der Waals surface area contributed by atoms with Crippen LogP contribution in [0.3, 0.4) is 0 Å². The van der Waals surface area contributed by atoms with Crippen molar-refractivity contribution in [2.75, 3.05) is 13.2 Å². The van der Waals surface area contributed by atoms with Crippen LogP contribution >= 0.6 is 0 Å². The van der Waals surface area contributed by atoms with E-state index in [1.165, 1.54) is 12.1 Å². The highest BCUT2D eigenvalue weighted by atomic mass is 32.2. The van der Waals surface area contributed by atoms with Gasteiger partial charge in [-0.05, 0) is 31.0 Å². The number of aliphatic hydroxyl groups excluding tert-OH is 1. The van der Waals surface area contributed by atoms with Crippen molar-refractivity contribution in [1.82, 2.24) is 4.72 Å². The van der Waals surface area contributed by atoms with Gasteiger partial charge in [-0.3, -0.25) is 4.79 Å². The first-order valence-corrected chi connectivity index (χ1v) is 8.32. The predicted molar refractivity (Wildman–Crippen MR) is 78.1 cm³/mol. The zero-order valence-electron chi connectivity index (χ0n) is 12.2. The number of nitrogens with one attached hydrogen (secondary N) is 1. The van der Waals surface area contributed by atoms with Gasteiger partial charge in [-0.1, -0.05) is 19.1 Å². The van der Waals surface area contributed by atoms with Crippen molar-refractivity contribution in [3.8, 4) is 0 Å². The summed E-state index contributed by atoms with van der Waals surface area (Å²) in [5.74, 6) is -0.449. The third kappa shape index (κ3) is 5.45. The molecule has 0 fully saturated rings. The minimum absolute atomic E-state index is 0.0235. The molecule has 0 heterocycles. The molecule has 0 saturated carbocycles. The monoisotopic (exact) mass is 315 g/mol. The smallest absolute Gasteiger partial charge is 0.307 e. The summed E-state index contributed by atoms with van der Waals surface area (Å²) < 4.78 is 31.2. The van der Waals surface area contributed by atoms with E-state index in [4.69, 9.17) is 4.74 Å². The van der Waals surface area contributed by atoms with Gasteiger partial charge in [0.2, 0.25) is 10.0 Å². The standard InChI is InChI=1S/C14H21NO5S/c1-3-13(16)11-6-5-7-12(10-11)21(18,19)15-9-8-14(17)20-4-2/h5-7,10,13,15-16H,3-4,8-9H2,1-2H3. The van der Waals surface area contributed by atoms with E-state index in [2.05, 4.69) is 4.72 Å². The number of benzene rings is 1. The summed E-state index contributed by atoms with van der Waals surface area (Å²) in [6, 6.07) is 6.12. The molecular formula is C14H21NO5S. The molecule has 0 saturated heterocycles. The molecule has 118 valence electrons. The van der Waals surface area contributed by atoms with Crippen LogP contribution in [0.15, 0.2) is 29.2 Å². The fourth-order valence-electron chi connectivity index (χ4n) is 1.73. The van der Waals surface area contributed by atoms with Crippen LogP contribution in [-0.2, 0) is 19.6 Å². The number of carbonyl (C=O) groups is 1. The molecule has 1 aromatic rings. The Labute approximate surface area is 125 Å². The Kier molecular flexibility index (Phi) is 6.80. The summed E-state index contributed by atoms with van der Waals surface area (Å²) >= 11 is 0. The molecule has 6 nitrogen and oxygen atoms in total. The highest BCUT2D eigenvalue weighted by Crippen LogP contribution is 2.19. The van der Waals surface area contributed by atoms with Gasteiger partial charge in [-0.15, -0.1) is 0 Å². The summed E-state index contributed by atoms with van der Waals surface area (Å²) in [6.45, 7) is 3.74. The topological polar surface area (TPSA) is 92.7 Å². The normalized spacial score (nSPS) is 12.9. The molecule has 0 aliphatic rings. The fourth-order valence-corrected chi connectivity index (χ4v) is 2.82. The third-order valence-electron chi connectivity index (χ3n) is 2.87. The van der Waals surface area contributed by atoms with Gasteiger partial charge in [0.05, 0.1) is 24.0 Å². The number of hydrogen-bond acceptors (Lipinski definition) is 5. The Bertz CT molecular complexity index is 570. The maximum Gasteiger partial charge on any atom is 0.307 e. The zero-order chi connectivity index (χ0) is 15.9. The van der Waals surface area contributed by atoms with Crippen LogP contribution in [0, 0.1) is 0 Å². The van der Waals surface area contributed by atoms with E-state index >= 15 is 0 Å². The Hall–Kier alpha value is -1.44. The summed E-state index contributed by atoms with van der Waals surface area (Å²) in [6.07, 6.45) is -0.218. The molecule has 0 bridgehead atoms. The van der Waals surface area contributed by atoms with E-state index in [1.54, 1.807) is 19.1 Å². The lowest BCUT2D eigenvalue weighted by Gasteiger charge is -2.11. The van der Waals surface area contributed by atoms with Crippen molar-refractivity contribution in [3.63, 3.8) is 0 Å². The highest BCUT2D eigenvalue weighted by molar-refractivity contribution is 7.89. The Morgan fingerprint density at radius 3 is 2.71 bits per heavy atom. The second kappa shape index (κ2) is 8.11. The lowest BCUT2D eigenvalue weighted by molar-refractivity contribution is -0.142. The summed E-state index contributed by atoms with van der Waals surface area (Å²) in [5, 5.41) is 9.75. The van der Waals surface area contributed by atoms with Gasteiger partial charge in [0.1, 0.15) is 0 Å². The molecule has 1 aromatic carbocycles. The van der Waals surface area contributed by atoms with Crippen molar-refractivity contribution in [3.05, 3.63) is 29.8 Å². The molecule has 0 aromatic heterocycles. The quantitative estimate of drug-likeness (QED) is 0.707. The largest absolute Gasteiger partial charge is 0.466 e. The fraction of sp³-hybridized carbons (Fsp3) is 0.500. The molecule has 1 atom stereocenters. The molecule has 1 unspecified atom stereocenters. The molecule has 0 radical (unpaired) electrons. The molecule has 0 aliphatic heterocycles. The van der Waals surface area contributed by atoms with Crippen molar-refractivity contribution in [2.24, 2.45) is 0 Å². The van der Waals surface area contributed by atoms with Crippen LogP contribution in [0.5, 0.6) is 0 Å². The summed E-state index contributed by atoms with van der Waals surface area (Å²) in [7, 11) is -3.70. The minimum atomic E-state index is -3.70. The maximum absolute atomic E-state index is 12.1. The van der Waals surface area contributed by atoms with Crippen LogP contribution in [0.2, 0.25) is 0 Å². The van der Waals surface area contributed by atoms with E-state index in [0.29, 0.717) is 12.0 Å². The highest BCUT2D eigenvalue weighted by Gasteiger charge is 2.16. The number of carbonyl (C=O) groups excluding carboxylic acids is 1. The van der Waals surface area contributed by atoms with E-state index in [1.807, 2.05) is 6.92 Å². The molecule has 0 amide bonds. The maximum atomic E-state index is 12.1. The molecule has 1 rings (SSSR count). The van der Waals surface area contributed by atoms with Crippen LogP contribution in [0.4, 0.5) is 0 Å². The van der Waals surface area contributed by atoms with E-state index in [9.17, 15) is 18.3 Å². The summed E-state index contributed by atoms with van der Waals surface area (Å²) in [4.78, 5) is 11.2. The van der Waals surface area contributed by atoms with E-state index in [-0.39, 0.29) is 24.5 Å². The number of esters is 1. The van der Waals surface area contributed by atoms with Crippen molar-refractivity contribution in [2.45, 2.75) is 37.7 Å². The van der Waals surface area contributed by atoms with Crippen LogP contribution in [0.25, 0.3) is 0 Å². The molecule has 7 heteroatoms. The van der Waals surface area contributed by atoms with Crippen molar-refractivity contribution < 1.29 is 23.1 Å². The molecule has 21 heavy (non-hydrogen) atoms. The van der Waals surface area contributed by atoms with Gasteiger partial charge >= 0.3 is 5.97 Å². The second-order valence-corrected chi connectivity index (χ2v) is 6.22.